The van der Waals surface area contributed by atoms with Crippen LogP contribution in [0.3, 0.4) is 0 Å². The molecule has 10 heteroatoms. The van der Waals surface area contributed by atoms with Crippen molar-refractivity contribution in [3.05, 3.63) is 60.8 Å². The van der Waals surface area contributed by atoms with Gasteiger partial charge in [-0.1, -0.05) is 248 Å². The summed E-state index contributed by atoms with van der Waals surface area (Å²) in [6.45, 7) is 4.28. The fraction of sp³-hybridized carbons (Fsp3) is 0.800. The number of esters is 2. The Morgan fingerprint density at radius 3 is 1.21 bits per heavy atom. The molecule has 0 fully saturated rings. The largest absolute Gasteiger partial charge is 0.472 e. The number of unbranched alkanes of at least 4 members (excludes halogenated alkanes) is 29. The van der Waals surface area contributed by atoms with Crippen molar-refractivity contribution < 1.29 is 42.1 Å². The minimum absolute atomic E-state index is 0.0335. The Kier molecular flexibility index (Phi) is 49.9. The van der Waals surface area contributed by atoms with E-state index in [9.17, 15) is 19.0 Å². The number of carbonyl (C=O) groups excluding carboxylic acids is 2. The van der Waals surface area contributed by atoms with Crippen LogP contribution in [0.5, 0.6) is 0 Å². The highest BCUT2D eigenvalue weighted by Gasteiger charge is 2.27. The molecular weight excluding hydrogens is 894 g/mol. The van der Waals surface area contributed by atoms with E-state index in [2.05, 4.69) is 74.6 Å². The van der Waals surface area contributed by atoms with Crippen molar-refractivity contribution in [2.24, 2.45) is 0 Å². The zero-order valence-electron chi connectivity index (χ0n) is 46.2. The Hall–Kier alpha value is -2.29. The van der Waals surface area contributed by atoms with Gasteiger partial charge in [-0.05, 0) is 57.8 Å². The first kappa shape index (κ1) is 67.7. The average molecular weight is 1010 g/mol. The molecule has 0 heterocycles. The maximum atomic E-state index is 12.7. The SMILES string of the molecule is CC/C=C\C/C=C\C/C=C\C/C=C\C/C=C\CCCCCCCCCCCCCCCCCCCCCCCCCC(=O)OC(COC(=O)CCCCCCCCC)COP(=O)(O)OCC[N+](C)(C)C. The molecule has 70 heavy (non-hydrogen) atoms. The van der Waals surface area contributed by atoms with Crippen LogP contribution < -0.4 is 0 Å². The maximum absolute atomic E-state index is 12.7. The Labute approximate surface area is 432 Å². The molecule has 0 rings (SSSR count). The summed E-state index contributed by atoms with van der Waals surface area (Å²) in [6.07, 6.45) is 66.4. The van der Waals surface area contributed by atoms with Gasteiger partial charge in [-0.25, -0.2) is 4.57 Å². The van der Waals surface area contributed by atoms with E-state index in [1.54, 1.807) is 0 Å². The van der Waals surface area contributed by atoms with Gasteiger partial charge in [-0.2, -0.15) is 0 Å². The van der Waals surface area contributed by atoms with Crippen molar-refractivity contribution in [2.45, 2.75) is 264 Å². The highest BCUT2D eigenvalue weighted by atomic mass is 31.2. The topological polar surface area (TPSA) is 108 Å². The summed E-state index contributed by atoms with van der Waals surface area (Å²) in [6, 6.07) is 0. The summed E-state index contributed by atoms with van der Waals surface area (Å²) in [5, 5.41) is 0. The monoisotopic (exact) mass is 1000 g/mol. The average Bonchev–Trinajstić information content (AvgIpc) is 3.32. The van der Waals surface area contributed by atoms with Crippen LogP contribution >= 0.6 is 7.82 Å². The molecule has 0 aliphatic heterocycles. The van der Waals surface area contributed by atoms with Gasteiger partial charge in [0.2, 0.25) is 0 Å². The number of nitrogens with zero attached hydrogens (tertiary/aromatic N) is 1. The smallest absolute Gasteiger partial charge is 0.462 e. The molecule has 1 N–H and O–H groups in total. The molecule has 0 aromatic rings. The van der Waals surface area contributed by atoms with E-state index in [4.69, 9.17) is 18.5 Å². The number of ether oxygens (including phenoxy) is 2. The van der Waals surface area contributed by atoms with E-state index >= 15 is 0 Å². The number of rotatable bonds is 53. The van der Waals surface area contributed by atoms with Gasteiger partial charge in [0, 0.05) is 12.8 Å². The zero-order valence-corrected chi connectivity index (χ0v) is 47.1. The third kappa shape index (κ3) is 55.0. The Balaban J connectivity index is 3.80. The van der Waals surface area contributed by atoms with Crippen molar-refractivity contribution in [1.29, 1.82) is 0 Å². The van der Waals surface area contributed by atoms with Crippen molar-refractivity contribution in [3.8, 4) is 0 Å². The Morgan fingerprint density at radius 1 is 0.457 bits per heavy atom. The van der Waals surface area contributed by atoms with Crippen LogP contribution in [0.2, 0.25) is 0 Å². The molecule has 9 nitrogen and oxygen atoms in total. The first-order chi connectivity index (χ1) is 34.0. The molecule has 0 aromatic heterocycles. The Morgan fingerprint density at radius 2 is 0.814 bits per heavy atom. The number of hydrogen-bond acceptors (Lipinski definition) is 7. The second kappa shape index (κ2) is 51.6. The van der Waals surface area contributed by atoms with E-state index in [0.717, 1.165) is 64.2 Å². The summed E-state index contributed by atoms with van der Waals surface area (Å²) in [7, 11) is 1.49. The van der Waals surface area contributed by atoms with Crippen LogP contribution in [0.25, 0.3) is 0 Å². The second-order valence-electron chi connectivity index (χ2n) is 20.7. The van der Waals surface area contributed by atoms with Crippen LogP contribution in [0, 0.1) is 0 Å². The predicted molar refractivity (Wildman–Crippen MR) is 298 cm³/mol. The minimum atomic E-state index is -4.37. The number of phosphoric ester groups is 1. The standard InChI is InChI=1S/C60H110NO8P/c1-6-8-10-12-14-15-16-17-18-19-20-21-22-23-24-25-26-27-28-29-30-31-32-33-34-35-36-37-38-39-40-41-42-43-44-45-47-49-51-53-60(63)69-58(57-68-70(64,65)67-55-54-61(3,4)5)56-66-59(62)52-50-48-46-13-11-9-7-2/h8,10,14-15,17-18,20-21,23-24,58H,6-7,9,11-13,16,19,22,25-57H2,1-5H3/p+1/b10-8-,15-14-,18-17-,21-20-,24-23-. The lowest BCUT2D eigenvalue weighted by molar-refractivity contribution is -0.870. The molecule has 2 unspecified atom stereocenters. The molecule has 0 saturated carbocycles. The van der Waals surface area contributed by atoms with Crippen molar-refractivity contribution in [2.75, 3.05) is 47.5 Å². The summed E-state index contributed by atoms with van der Waals surface area (Å²) >= 11 is 0. The van der Waals surface area contributed by atoms with Gasteiger partial charge in [0.1, 0.15) is 19.8 Å². The van der Waals surface area contributed by atoms with Gasteiger partial charge in [0.05, 0.1) is 27.7 Å². The zero-order chi connectivity index (χ0) is 51.3. The normalized spacial score (nSPS) is 13.7. The number of hydrogen-bond donors (Lipinski definition) is 1. The van der Waals surface area contributed by atoms with Gasteiger partial charge < -0.3 is 18.9 Å². The van der Waals surface area contributed by atoms with Gasteiger partial charge in [0.25, 0.3) is 0 Å². The van der Waals surface area contributed by atoms with Gasteiger partial charge in [-0.15, -0.1) is 0 Å². The molecule has 408 valence electrons. The molecular formula is C60H111NO8P+. The maximum Gasteiger partial charge on any atom is 0.472 e. The number of allylic oxidation sites excluding steroid dienone is 10. The van der Waals surface area contributed by atoms with Crippen LogP contribution in [0.15, 0.2) is 60.8 Å². The third-order valence-electron chi connectivity index (χ3n) is 12.6. The number of quaternary nitrogens is 1. The summed E-state index contributed by atoms with van der Waals surface area (Å²) in [5.41, 5.74) is 0. The molecule has 0 radical (unpaired) electrons. The van der Waals surface area contributed by atoms with Gasteiger partial charge >= 0.3 is 19.8 Å². The lowest BCUT2D eigenvalue weighted by Crippen LogP contribution is -2.37. The summed E-state index contributed by atoms with van der Waals surface area (Å²) in [5.74, 6) is -0.795. The molecule has 0 aliphatic rings. The first-order valence-electron chi connectivity index (χ1n) is 29.0. The number of phosphoric acid groups is 1. The van der Waals surface area contributed by atoms with Crippen LogP contribution in [-0.2, 0) is 32.7 Å². The van der Waals surface area contributed by atoms with Gasteiger partial charge in [-0.3, -0.25) is 18.6 Å². The van der Waals surface area contributed by atoms with Crippen molar-refractivity contribution in [3.63, 3.8) is 0 Å². The third-order valence-corrected chi connectivity index (χ3v) is 13.5. The molecule has 0 amide bonds. The van der Waals surface area contributed by atoms with E-state index < -0.39 is 26.5 Å². The fourth-order valence-corrected chi connectivity index (χ4v) is 8.84. The molecule has 0 aromatic carbocycles. The van der Waals surface area contributed by atoms with E-state index in [1.165, 1.54) is 161 Å². The molecule has 0 saturated heterocycles. The van der Waals surface area contributed by atoms with Crippen LogP contribution in [-0.4, -0.2) is 74.9 Å². The number of carbonyl (C=O) groups is 2. The molecule has 0 aliphatic carbocycles. The highest BCUT2D eigenvalue weighted by molar-refractivity contribution is 7.47. The Bertz CT molecular complexity index is 1370. The van der Waals surface area contributed by atoms with E-state index in [-0.39, 0.29) is 25.6 Å². The highest BCUT2D eigenvalue weighted by Crippen LogP contribution is 2.43. The van der Waals surface area contributed by atoms with Crippen molar-refractivity contribution in [1.82, 2.24) is 0 Å². The summed E-state index contributed by atoms with van der Waals surface area (Å²) < 4.78 is 34.3. The summed E-state index contributed by atoms with van der Waals surface area (Å²) in [4.78, 5) is 35.3. The molecule has 2 atom stereocenters. The van der Waals surface area contributed by atoms with Crippen LogP contribution in [0.1, 0.15) is 258 Å². The second-order valence-corrected chi connectivity index (χ2v) is 22.1. The van der Waals surface area contributed by atoms with Crippen LogP contribution in [0.4, 0.5) is 0 Å². The van der Waals surface area contributed by atoms with Crippen molar-refractivity contribution >= 4 is 19.8 Å². The lowest BCUT2D eigenvalue weighted by Gasteiger charge is -2.24. The predicted octanol–water partition coefficient (Wildman–Crippen LogP) is 17.9. The first-order valence-corrected chi connectivity index (χ1v) is 30.5. The quantitative estimate of drug-likeness (QED) is 0.0211. The van der Waals surface area contributed by atoms with Gasteiger partial charge in [0.15, 0.2) is 6.10 Å². The number of likely N-dealkylation sites (N-methyl/N-ethyl adjacent to an activating group) is 1. The lowest BCUT2D eigenvalue weighted by atomic mass is 10.0. The fourth-order valence-electron chi connectivity index (χ4n) is 8.10. The minimum Gasteiger partial charge on any atom is -0.462 e. The van der Waals surface area contributed by atoms with E-state index in [0.29, 0.717) is 23.9 Å². The molecule has 0 bridgehead atoms. The van der Waals surface area contributed by atoms with E-state index in [1.807, 2.05) is 21.1 Å². The molecule has 0 spiro atoms.